The minimum atomic E-state index is 0.0369. The first kappa shape index (κ1) is 15.1. The summed E-state index contributed by atoms with van der Waals surface area (Å²) in [5, 5.41) is 3.08. The predicted molar refractivity (Wildman–Crippen MR) is 68.5 cm³/mol. The van der Waals surface area contributed by atoms with E-state index >= 15 is 0 Å². The van der Waals surface area contributed by atoms with Crippen molar-refractivity contribution in [1.29, 1.82) is 0 Å². The van der Waals surface area contributed by atoms with Gasteiger partial charge in [-0.25, -0.2) is 0 Å². The lowest BCUT2D eigenvalue weighted by atomic mass is 10.3. The average molecular weight is 227 g/mol. The maximum atomic E-state index is 11.6. The highest BCUT2D eigenvalue weighted by molar-refractivity contribution is 5.86. The summed E-state index contributed by atoms with van der Waals surface area (Å²) in [6.45, 7) is 7.10. The molecule has 0 aliphatic rings. The molecule has 0 saturated carbocycles. The molecular formula is C12H25N3O. The van der Waals surface area contributed by atoms with Crippen LogP contribution < -0.4 is 5.32 Å². The fourth-order valence-electron chi connectivity index (χ4n) is 1.49. The van der Waals surface area contributed by atoms with E-state index in [-0.39, 0.29) is 5.91 Å². The molecule has 0 aromatic heterocycles. The van der Waals surface area contributed by atoms with E-state index in [1.807, 2.05) is 26.0 Å². The van der Waals surface area contributed by atoms with E-state index in [2.05, 4.69) is 16.8 Å². The van der Waals surface area contributed by atoms with Crippen LogP contribution in [0.1, 0.15) is 12.8 Å². The summed E-state index contributed by atoms with van der Waals surface area (Å²) in [6, 6.07) is 0. The minimum Gasteiger partial charge on any atom is -0.339 e. The van der Waals surface area contributed by atoms with Crippen LogP contribution in [0.4, 0.5) is 0 Å². The third kappa shape index (κ3) is 7.43. The molecule has 0 atom stereocenters. The van der Waals surface area contributed by atoms with Crippen LogP contribution in [0.2, 0.25) is 0 Å². The van der Waals surface area contributed by atoms with Crippen molar-refractivity contribution in [3.8, 4) is 0 Å². The molecule has 0 aromatic carbocycles. The van der Waals surface area contributed by atoms with E-state index in [9.17, 15) is 4.79 Å². The second-order valence-electron chi connectivity index (χ2n) is 4.14. The van der Waals surface area contributed by atoms with Gasteiger partial charge in [0.15, 0.2) is 0 Å². The van der Waals surface area contributed by atoms with Crippen LogP contribution in [0.15, 0.2) is 12.7 Å². The van der Waals surface area contributed by atoms with Crippen LogP contribution >= 0.6 is 0 Å². The number of rotatable bonds is 9. The third-order valence-electron chi connectivity index (χ3n) is 2.37. The molecule has 94 valence electrons. The highest BCUT2D eigenvalue weighted by Gasteiger charge is 2.08. The van der Waals surface area contributed by atoms with Gasteiger partial charge in [0.2, 0.25) is 5.91 Å². The molecule has 0 bridgehead atoms. The van der Waals surface area contributed by atoms with Gasteiger partial charge in [0, 0.05) is 13.1 Å². The van der Waals surface area contributed by atoms with Crippen molar-refractivity contribution in [3.05, 3.63) is 12.7 Å². The molecule has 0 radical (unpaired) electrons. The zero-order valence-corrected chi connectivity index (χ0v) is 10.8. The van der Waals surface area contributed by atoms with Gasteiger partial charge < -0.3 is 15.1 Å². The van der Waals surface area contributed by atoms with Crippen LogP contribution in [0.25, 0.3) is 0 Å². The van der Waals surface area contributed by atoms with Crippen molar-refractivity contribution in [1.82, 2.24) is 15.1 Å². The van der Waals surface area contributed by atoms with Crippen molar-refractivity contribution in [2.24, 2.45) is 0 Å². The number of nitrogens with zero attached hydrogens (tertiary/aromatic N) is 2. The van der Waals surface area contributed by atoms with Crippen LogP contribution in [0, 0.1) is 0 Å². The van der Waals surface area contributed by atoms with Crippen molar-refractivity contribution in [2.75, 3.05) is 47.3 Å². The Morgan fingerprint density at radius 2 is 1.88 bits per heavy atom. The van der Waals surface area contributed by atoms with Crippen molar-refractivity contribution in [2.45, 2.75) is 12.8 Å². The molecular weight excluding hydrogens is 202 g/mol. The maximum Gasteiger partial charge on any atom is 0.245 e. The summed E-state index contributed by atoms with van der Waals surface area (Å²) >= 11 is 0. The largest absolute Gasteiger partial charge is 0.339 e. The van der Waals surface area contributed by atoms with E-state index in [0.717, 1.165) is 39.0 Å². The van der Waals surface area contributed by atoms with Gasteiger partial charge in [0.05, 0.1) is 0 Å². The Morgan fingerprint density at radius 1 is 1.25 bits per heavy atom. The van der Waals surface area contributed by atoms with Crippen LogP contribution in [-0.4, -0.2) is 63.0 Å². The summed E-state index contributed by atoms with van der Waals surface area (Å²) in [5.74, 6) is 0.0369. The Bertz CT molecular complexity index is 204. The highest BCUT2D eigenvalue weighted by atomic mass is 16.2. The van der Waals surface area contributed by atoms with Crippen LogP contribution in [0.5, 0.6) is 0 Å². The van der Waals surface area contributed by atoms with Gasteiger partial charge >= 0.3 is 0 Å². The van der Waals surface area contributed by atoms with E-state index in [1.54, 1.807) is 0 Å². The quantitative estimate of drug-likeness (QED) is 0.462. The Hall–Kier alpha value is -0.870. The lowest BCUT2D eigenvalue weighted by molar-refractivity contribution is -0.126. The fourth-order valence-corrected chi connectivity index (χ4v) is 1.49. The van der Waals surface area contributed by atoms with Crippen molar-refractivity contribution >= 4 is 5.91 Å². The molecule has 0 saturated heterocycles. The second-order valence-corrected chi connectivity index (χ2v) is 4.14. The number of hydrogen-bond acceptors (Lipinski definition) is 3. The van der Waals surface area contributed by atoms with Gasteiger partial charge in [-0.15, -0.1) is 0 Å². The fraction of sp³-hybridized carbons (Fsp3) is 0.750. The topological polar surface area (TPSA) is 35.6 Å². The molecule has 0 aliphatic carbocycles. The Morgan fingerprint density at radius 3 is 2.38 bits per heavy atom. The zero-order chi connectivity index (χ0) is 12.4. The summed E-state index contributed by atoms with van der Waals surface area (Å²) in [7, 11) is 6.01. The number of hydrogen-bond donors (Lipinski definition) is 1. The third-order valence-corrected chi connectivity index (χ3v) is 2.37. The first-order chi connectivity index (χ1) is 7.61. The SMILES string of the molecule is C=CC(=O)N(CCCNC)CCCN(C)C. The molecule has 0 fully saturated rings. The van der Waals surface area contributed by atoms with E-state index < -0.39 is 0 Å². The molecule has 0 aromatic rings. The number of carbonyl (C=O) groups is 1. The highest BCUT2D eigenvalue weighted by Crippen LogP contribution is 1.97. The van der Waals surface area contributed by atoms with Crippen LogP contribution in [0.3, 0.4) is 0 Å². The lowest BCUT2D eigenvalue weighted by Gasteiger charge is -2.22. The molecule has 0 unspecified atom stereocenters. The van der Waals surface area contributed by atoms with E-state index in [4.69, 9.17) is 0 Å². The molecule has 1 N–H and O–H groups in total. The molecule has 0 spiro atoms. The monoisotopic (exact) mass is 227 g/mol. The summed E-state index contributed by atoms with van der Waals surface area (Å²) in [5.41, 5.74) is 0. The van der Waals surface area contributed by atoms with Gasteiger partial charge in [0.25, 0.3) is 0 Å². The average Bonchev–Trinajstić information content (AvgIpc) is 2.26. The summed E-state index contributed by atoms with van der Waals surface area (Å²) < 4.78 is 0. The van der Waals surface area contributed by atoms with Crippen LogP contribution in [-0.2, 0) is 4.79 Å². The maximum absolute atomic E-state index is 11.6. The molecule has 0 heterocycles. The number of amides is 1. The summed E-state index contributed by atoms with van der Waals surface area (Å²) in [4.78, 5) is 15.6. The Kier molecular flexibility index (Phi) is 8.85. The van der Waals surface area contributed by atoms with Gasteiger partial charge in [-0.3, -0.25) is 4.79 Å². The zero-order valence-electron chi connectivity index (χ0n) is 10.8. The van der Waals surface area contributed by atoms with Crippen molar-refractivity contribution < 1.29 is 4.79 Å². The first-order valence-corrected chi connectivity index (χ1v) is 5.82. The molecule has 0 rings (SSSR count). The van der Waals surface area contributed by atoms with Gasteiger partial charge in [-0.05, 0) is 53.2 Å². The first-order valence-electron chi connectivity index (χ1n) is 5.82. The van der Waals surface area contributed by atoms with E-state index in [0.29, 0.717) is 0 Å². The van der Waals surface area contributed by atoms with Crippen molar-refractivity contribution in [3.63, 3.8) is 0 Å². The lowest BCUT2D eigenvalue weighted by Crippen LogP contribution is -2.34. The Balaban J connectivity index is 3.90. The number of nitrogens with one attached hydrogen (secondary N) is 1. The van der Waals surface area contributed by atoms with Gasteiger partial charge in [-0.1, -0.05) is 6.58 Å². The normalized spacial score (nSPS) is 10.5. The van der Waals surface area contributed by atoms with E-state index in [1.165, 1.54) is 6.08 Å². The smallest absolute Gasteiger partial charge is 0.245 e. The molecule has 0 aliphatic heterocycles. The van der Waals surface area contributed by atoms with Gasteiger partial charge in [-0.2, -0.15) is 0 Å². The molecule has 1 amide bonds. The molecule has 16 heavy (non-hydrogen) atoms. The second kappa shape index (κ2) is 9.36. The minimum absolute atomic E-state index is 0.0369. The number of carbonyl (C=O) groups excluding carboxylic acids is 1. The predicted octanol–water partition coefficient (Wildman–Crippen LogP) is 0.562. The standard InChI is InChI=1S/C12H25N3O/c1-5-12(16)15(10-6-8-13-2)11-7-9-14(3)4/h5,13H,1,6-11H2,2-4H3. The molecule has 4 heteroatoms. The van der Waals surface area contributed by atoms with Gasteiger partial charge in [0.1, 0.15) is 0 Å². The molecule has 4 nitrogen and oxygen atoms in total. The summed E-state index contributed by atoms with van der Waals surface area (Å²) in [6.07, 6.45) is 3.39. The Labute approximate surface area is 99.3 Å².